The molecule has 6 heteroatoms. The van der Waals surface area contributed by atoms with Gasteiger partial charge in [0.15, 0.2) is 0 Å². The highest BCUT2D eigenvalue weighted by Crippen LogP contribution is 2.36. The van der Waals surface area contributed by atoms with Gasteiger partial charge in [0.1, 0.15) is 17.2 Å². The molecule has 0 unspecified atom stereocenters. The first-order valence-corrected chi connectivity index (χ1v) is 8.30. The zero-order valence-electron chi connectivity index (χ0n) is 15.1. The van der Waals surface area contributed by atoms with E-state index in [9.17, 15) is 4.79 Å². The standard InChI is InChI=1S/C18H28N2O3.ClH/c1-13-10-15(22-3)17(16(11-13)23-4)19-18(21)20(2)12-14-8-6-5-7-9-14;/h10-11,14H,5-9,12H2,1-4H3,(H,19,21);1H. The minimum absolute atomic E-state index is 0. The maximum Gasteiger partial charge on any atom is 0.321 e. The van der Waals surface area contributed by atoms with Gasteiger partial charge < -0.3 is 19.7 Å². The average molecular weight is 357 g/mol. The van der Waals surface area contributed by atoms with Crippen molar-refractivity contribution in [3.8, 4) is 11.5 Å². The van der Waals surface area contributed by atoms with Gasteiger partial charge in [-0.1, -0.05) is 19.3 Å². The Morgan fingerprint density at radius 3 is 2.21 bits per heavy atom. The third kappa shape index (κ3) is 5.20. The van der Waals surface area contributed by atoms with Gasteiger partial charge in [-0.25, -0.2) is 4.79 Å². The molecule has 136 valence electrons. The monoisotopic (exact) mass is 356 g/mol. The van der Waals surface area contributed by atoms with Crippen LogP contribution in [0.25, 0.3) is 0 Å². The Balaban J connectivity index is 0.00000288. The molecule has 2 amide bonds. The lowest BCUT2D eigenvalue weighted by Crippen LogP contribution is -2.36. The molecule has 0 saturated heterocycles. The summed E-state index contributed by atoms with van der Waals surface area (Å²) in [5.41, 5.74) is 1.60. The van der Waals surface area contributed by atoms with Crippen LogP contribution >= 0.6 is 12.4 Å². The Kier molecular flexibility index (Phi) is 8.19. The van der Waals surface area contributed by atoms with Crippen molar-refractivity contribution in [2.24, 2.45) is 5.92 Å². The molecule has 1 N–H and O–H groups in total. The first kappa shape index (κ1) is 20.4. The highest BCUT2D eigenvalue weighted by Gasteiger charge is 2.20. The third-order valence-corrected chi connectivity index (χ3v) is 4.49. The molecule has 1 saturated carbocycles. The number of urea groups is 1. The first-order chi connectivity index (χ1) is 11.0. The van der Waals surface area contributed by atoms with Gasteiger partial charge in [-0.2, -0.15) is 0 Å². The zero-order valence-corrected chi connectivity index (χ0v) is 15.9. The van der Waals surface area contributed by atoms with E-state index in [1.807, 2.05) is 26.1 Å². The molecule has 0 aromatic heterocycles. The number of carbonyl (C=O) groups is 1. The Hall–Kier alpha value is -1.62. The molecule has 1 aliphatic rings. The summed E-state index contributed by atoms with van der Waals surface area (Å²) >= 11 is 0. The van der Waals surface area contributed by atoms with Crippen molar-refractivity contribution in [3.05, 3.63) is 17.7 Å². The number of amides is 2. The molecule has 0 spiro atoms. The molecule has 0 heterocycles. The van der Waals surface area contributed by atoms with Gasteiger partial charge in [0.2, 0.25) is 0 Å². The number of rotatable bonds is 5. The number of nitrogens with one attached hydrogen (secondary N) is 1. The van der Waals surface area contributed by atoms with Crippen molar-refractivity contribution >= 4 is 24.1 Å². The number of methoxy groups -OCH3 is 2. The van der Waals surface area contributed by atoms with Gasteiger partial charge in [-0.15, -0.1) is 12.4 Å². The van der Waals surface area contributed by atoms with E-state index in [1.54, 1.807) is 19.1 Å². The SMILES string of the molecule is COc1cc(C)cc(OC)c1NC(=O)N(C)CC1CCCCC1.Cl. The highest BCUT2D eigenvalue weighted by molar-refractivity contribution is 5.93. The van der Waals surface area contributed by atoms with Crippen LogP contribution in [0.4, 0.5) is 10.5 Å². The van der Waals surface area contributed by atoms with E-state index in [1.165, 1.54) is 32.1 Å². The average Bonchev–Trinajstić information content (AvgIpc) is 2.56. The molecule has 0 aliphatic heterocycles. The fourth-order valence-electron chi connectivity index (χ4n) is 3.21. The van der Waals surface area contributed by atoms with E-state index >= 15 is 0 Å². The van der Waals surface area contributed by atoms with E-state index in [0.29, 0.717) is 23.1 Å². The molecule has 1 aliphatic carbocycles. The molecular formula is C18H29ClN2O3. The fraction of sp³-hybridized carbons (Fsp3) is 0.611. The lowest BCUT2D eigenvalue weighted by atomic mass is 9.89. The van der Waals surface area contributed by atoms with Crippen LogP contribution in [-0.4, -0.2) is 38.7 Å². The van der Waals surface area contributed by atoms with Crippen molar-refractivity contribution in [2.45, 2.75) is 39.0 Å². The van der Waals surface area contributed by atoms with Crippen molar-refractivity contribution in [3.63, 3.8) is 0 Å². The minimum Gasteiger partial charge on any atom is -0.494 e. The van der Waals surface area contributed by atoms with Crippen LogP contribution in [0.15, 0.2) is 12.1 Å². The summed E-state index contributed by atoms with van der Waals surface area (Å²) in [6.07, 6.45) is 6.31. The van der Waals surface area contributed by atoms with Gasteiger partial charge in [-0.3, -0.25) is 0 Å². The number of carbonyl (C=O) groups excluding carboxylic acids is 1. The van der Waals surface area contributed by atoms with E-state index < -0.39 is 0 Å². The molecule has 1 aromatic carbocycles. The Labute approximate surface area is 151 Å². The van der Waals surface area contributed by atoms with Crippen molar-refractivity contribution in [1.29, 1.82) is 0 Å². The maximum atomic E-state index is 12.5. The van der Waals surface area contributed by atoms with Gasteiger partial charge in [0, 0.05) is 13.6 Å². The van der Waals surface area contributed by atoms with Gasteiger partial charge in [0.05, 0.1) is 14.2 Å². The Bertz CT molecular complexity index is 520. The summed E-state index contributed by atoms with van der Waals surface area (Å²) in [7, 11) is 5.03. The maximum absolute atomic E-state index is 12.5. The number of hydrogen-bond acceptors (Lipinski definition) is 3. The van der Waals surface area contributed by atoms with Crippen LogP contribution in [0, 0.1) is 12.8 Å². The molecule has 2 rings (SSSR count). The van der Waals surface area contributed by atoms with E-state index in [2.05, 4.69) is 5.32 Å². The molecule has 24 heavy (non-hydrogen) atoms. The van der Waals surface area contributed by atoms with Gasteiger partial charge in [0.25, 0.3) is 0 Å². The summed E-state index contributed by atoms with van der Waals surface area (Å²) in [4.78, 5) is 14.3. The summed E-state index contributed by atoms with van der Waals surface area (Å²) < 4.78 is 10.8. The van der Waals surface area contributed by atoms with E-state index in [4.69, 9.17) is 9.47 Å². The quantitative estimate of drug-likeness (QED) is 0.846. The second-order valence-electron chi connectivity index (χ2n) is 6.36. The van der Waals surface area contributed by atoms with Gasteiger partial charge >= 0.3 is 6.03 Å². The predicted octanol–water partition coefficient (Wildman–Crippen LogP) is 4.48. The molecule has 5 nitrogen and oxygen atoms in total. The first-order valence-electron chi connectivity index (χ1n) is 8.30. The van der Waals surface area contributed by atoms with Crippen molar-refractivity contribution in [1.82, 2.24) is 4.90 Å². The topological polar surface area (TPSA) is 50.8 Å². The fourth-order valence-corrected chi connectivity index (χ4v) is 3.21. The predicted molar refractivity (Wildman–Crippen MR) is 99.8 cm³/mol. The largest absolute Gasteiger partial charge is 0.494 e. The van der Waals surface area contributed by atoms with Crippen LogP contribution in [-0.2, 0) is 0 Å². The van der Waals surface area contributed by atoms with Crippen LogP contribution < -0.4 is 14.8 Å². The molecular weight excluding hydrogens is 328 g/mol. The van der Waals surface area contributed by atoms with Crippen molar-refractivity contribution < 1.29 is 14.3 Å². The number of ether oxygens (including phenoxy) is 2. The molecule has 0 radical (unpaired) electrons. The number of benzene rings is 1. The number of hydrogen-bond donors (Lipinski definition) is 1. The van der Waals surface area contributed by atoms with Crippen molar-refractivity contribution in [2.75, 3.05) is 33.1 Å². The highest BCUT2D eigenvalue weighted by atomic mass is 35.5. The smallest absolute Gasteiger partial charge is 0.321 e. The number of halogens is 1. The van der Waals surface area contributed by atoms with Gasteiger partial charge in [-0.05, 0) is 43.4 Å². The van der Waals surface area contributed by atoms with Crippen LogP contribution in [0.5, 0.6) is 11.5 Å². The number of anilines is 1. The molecule has 0 atom stereocenters. The Morgan fingerprint density at radius 2 is 1.71 bits per heavy atom. The number of aryl methyl sites for hydroxylation is 1. The molecule has 1 fully saturated rings. The Morgan fingerprint density at radius 1 is 1.17 bits per heavy atom. The lowest BCUT2D eigenvalue weighted by Gasteiger charge is -2.27. The number of nitrogens with zero attached hydrogens (tertiary/aromatic N) is 1. The van der Waals surface area contributed by atoms with E-state index in [0.717, 1.165) is 12.1 Å². The second-order valence-corrected chi connectivity index (χ2v) is 6.36. The summed E-state index contributed by atoms with van der Waals surface area (Å²) in [5.74, 6) is 1.84. The molecule has 1 aromatic rings. The normalized spacial score (nSPS) is 14.5. The van der Waals surface area contributed by atoms with Crippen LogP contribution in [0.3, 0.4) is 0 Å². The van der Waals surface area contributed by atoms with E-state index in [-0.39, 0.29) is 18.4 Å². The second kappa shape index (κ2) is 9.62. The van der Waals surface area contributed by atoms with Crippen LogP contribution in [0.2, 0.25) is 0 Å². The summed E-state index contributed by atoms with van der Waals surface area (Å²) in [5, 5.41) is 2.93. The minimum atomic E-state index is -0.129. The third-order valence-electron chi connectivity index (χ3n) is 4.49. The zero-order chi connectivity index (χ0) is 16.8. The molecule has 0 bridgehead atoms. The van der Waals surface area contributed by atoms with Crippen LogP contribution in [0.1, 0.15) is 37.7 Å². The summed E-state index contributed by atoms with van der Waals surface area (Å²) in [6, 6.07) is 3.65. The lowest BCUT2D eigenvalue weighted by molar-refractivity contribution is 0.204. The summed E-state index contributed by atoms with van der Waals surface area (Å²) in [6.45, 7) is 2.76.